The molecular weight excluding hydrogens is 273 g/mol. The first-order valence-electron chi connectivity index (χ1n) is 7.28. The van der Waals surface area contributed by atoms with Crippen molar-refractivity contribution in [3.63, 3.8) is 0 Å². The van der Waals surface area contributed by atoms with Gasteiger partial charge in [0.25, 0.3) is 0 Å². The quantitative estimate of drug-likeness (QED) is 0.786. The Morgan fingerprint density at radius 1 is 1.48 bits per heavy atom. The fourth-order valence-electron chi connectivity index (χ4n) is 2.08. The second-order valence-corrected chi connectivity index (χ2v) is 5.67. The van der Waals surface area contributed by atoms with Crippen LogP contribution in [0.3, 0.4) is 0 Å². The Hall–Kier alpha value is -1.62. The van der Waals surface area contributed by atoms with Gasteiger partial charge < -0.3 is 9.47 Å². The minimum Gasteiger partial charge on any atom is -0.491 e. The van der Waals surface area contributed by atoms with Gasteiger partial charge in [0.1, 0.15) is 23.7 Å². The van der Waals surface area contributed by atoms with E-state index in [2.05, 4.69) is 5.32 Å². The zero-order valence-electron chi connectivity index (χ0n) is 12.7. The van der Waals surface area contributed by atoms with Crippen LogP contribution in [-0.2, 0) is 9.53 Å². The predicted octanol–water partition coefficient (Wildman–Crippen LogP) is 2.59. The summed E-state index contributed by atoms with van der Waals surface area (Å²) in [6, 6.07) is 4.70. The Labute approximate surface area is 124 Å². The molecule has 2 rings (SSSR count). The second kappa shape index (κ2) is 6.43. The molecule has 1 aliphatic carbocycles. The number of halogens is 1. The second-order valence-electron chi connectivity index (χ2n) is 5.67. The van der Waals surface area contributed by atoms with E-state index in [1.165, 1.54) is 12.1 Å². The lowest BCUT2D eigenvalue weighted by Crippen LogP contribution is -2.55. The summed E-state index contributed by atoms with van der Waals surface area (Å²) in [6.07, 6.45) is 2.10. The highest BCUT2D eigenvalue weighted by molar-refractivity contribution is 5.80. The monoisotopic (exact) mass is 295 g/mol. The summed E-state index contributed by atoms with van der Waals surface area (Å²) >= 11 is 0. The third-order valence-corrected chi connectivity index (χ3v) is 3.49. The van der Waals surface area contributed by atoms with Crippen molar-refractivity contribution in [2.24, 2.45) is 0 Å². The van der Waals surface area contributed by atoms with Gasteiger partial charge in [-0.05, 0) is 45.2 Å². The van der Waals surface area contributed by atoms with Crippen molar-refractivity contribution < 1.29 is 18.7 Å². The van der Waals surface area contributed by atoms with Crippen molar-refractivity contribution >= 4 is 5.97 Å². The van der Waals surface area contributed by atoms with E-state index in [0.29, 0.717) is 18.4 Å². The number of nitrogens with one attached hydrogen (secondary N) is 1. The zero-order valence-corrected chi connectivity index (χ0v) is 12.7. The maximum Gasteiger partial charge on any atom is 0.329 e. The summed E-state index contributed by atoms with van der Waals surface area (Å²) in [7, 11) is 0. The third kappa shape index (κ3) is 4.17. The van der Waals surface area contributed by atoms with Gasteiger partial charge in [0, 0.05) is 12.1 Å². The number of benzene rings is 1. The van der Waals surface area contributed by atoms with Gasteiger partial charge in [-0.25, -0.2) is 9.18 Å². The first kappa shape index (κ1) is 15.8. The molecule has 0 amide bonds. The molecular formula is C16H22FNO3. The van der Waals surface area contributed by atoms with Crippen molar-refractivity contribution in [2.75, 3.05) is 13.2 Å². The molecule has 4 nitrogen and oxygen atoms in total. The lowest BCUT2D eigenvalue weighted by molar-refractivity contribution is -0.152. The highest BCUT2D eigenvalue weighted by Crippen LogP contribution is 2.25. The molecule has 0 saturated heterocycles. The number of hydrogen-bond donors (Lipinski definition) is 1. The minimum absolute atomic E-state index is 0.104. The van der Waals surface area contributed by atoms with Crippen LogP contribution in [-0.4, -0.2) is 30.8 Å². The van der Waals surface area contributed by atoms with Crippen LogP contribution < -0.4 is 10.1 Å². The Morgan fingerprint density at radius 2 is 2.19 bits per heavy atom. The van der Waals surface area contributed by atoms with Gasteiger partial charge in [0.15, 0.2) is 0 Å². The number of carbonyl (C=O) groups excluding carboxylic acids is 1. The molecule has 0 aromatic heterocycles. The molecule has 1 aromatic carbocycles. The Bertz CT molecular complexity index is 516. The number of hydrogen-bond acceptors (Lipinski definition) is 4. The molecule has 21 heavy (non-hydrogen) atoms. The van der Waals surface area contributed by atoms with Crippen molar-refractivity contribution in [1.82, 2.24) is 5.32 Å². The maximum absolute atomic E-state index is 13.3. The minimum atomic E-state index is -0.921. The molecule has 0 bridgehead atoms. The largest absolute Gasteiger partial charge is 0.491 e. The van der Waals surface area contributed by atoms with E-state index in [0.717, 1.165) is 18.4 Å². The number of rotatable bonds is 7. The predicted molar refractivity (Wildman–Crippen MR) is 77.8 cm³/mol. The Kier molecular flexibility index (Phi) is 4.83. The van der Waals surface area contributed by atoms with Gasteiger partial charge in [0.2, 0.25) is 0 Å². The fourth-order valence-corrected chi connectivity index (χ4v) is 2.08. The van der Waals surface area contributed by atoms with E-state index in [4.69, 9.17) is 9.47 Å². The number of carbonyl (C=O) groups is 1. The van der Waals surface area contributed by atoms with Crippen LogP contribution in [0.25, 0.3) is 0 Å². The summed E-state index contributed by atoms with van der Waals surface area (Å²) < 4.78 is 24.1. The van der Waals surface area contributed by atoms with Crippen molar-refractivity contribution in [3.05, 3.63) is 29.6 Å². The molecule has 0 radical (unpaired) electrons. The van der Waals surface area contributed by atoms with Crippen molar-refractivity contribution in [1.29, 1.82) is 0 Å². The van der Waals surface area contributed by atoms with Crippen LogP contribution in [0.15, 0.2) is 18.2 Å². The smallest absolute Gasteiger partial charge is 0.329 e. The standard InChI is InChI=1S/C16H22FNO3/c1-4-20-15(19)16(3,18-13-7-8-13)10-21-14-9-12(17)6-5-11(14)2/h5-6,9,13,18H,4,7-8,10H2,1-3H3. The van der Waals surface area contributed by atoms with Crippen LogP contribution >= 0.6 is 0 Å². The van der Waals surface area contributed by atoms with Crippen molar-refractivity contribution in [2.45, 2.75) is 45.2 Å². The molecule has 5 heteroatoms. The zero-order chi connectivity index (χ0) is 15.5. The number of aryl methyl sites for hydroxylation is 1. The number of esters is 1. The maximum atomic E-state index is 13.3. The first-order chi connectivity index (χ1) is 9.94. The molecule has 1 aromatic rings. The highest BCUT2D eigenvalue weighted by Gasteiger charge is 2.40. The van der Waals surface area contributed by atoms with E-state index in [1.807, 2.05) is 6.92 Å². The van der Waals surface area contributed by atoms with E-state index in [-0.39, 0.29) is 18.4 Å². The molecule has 0 spiro atoms. The van der Waals surface area contributed by atoms with Crippen LogP contribution in [0, 0.1) is 12.7 Å². The topological polar surface area (TPSA) is 47.6 Å². The first-order valence-corrected chi connectivity index (χ1v) is 7.28. The molecule has 1 saturated carbocycles. The average Bonchev–Trinajstić information content (AvgIpc) is 3.24. The highest BCUT2D eigenvalue weighted by atomic mass is 19.1. The Balaban J connectivity index is 2.07. The molecule has 1 aliphatic rings. The van der Waals surface area contributed by atoms with E-state index in [1.54, 1.807) is 19.9 Å². The summed E-state index contributed by atoms with van der Waals surface area (Å²) in [5.41, 5.74) is -0.0929. The van der Waals surface area contributed by atoms with Crippen molar-refractivity contribution in [3.8, 4) is 5.75 Å². The van der Waals surface area contributed by atoms with Gasteiger partial charge in [-0.1, -0.05) is 6.07 Å². The third-order valence-electron chi connectivity index (χ3n) is 3.49. The SMILES string of the molecule is CCOC(=O)C(C)(COc1cc(F)ccc1C)NC1CC1. The molecule has 0 heterocycles. The van der Waals surface area contributed by atoms with Crippen LogP contribution in [0.2, 0.25) is 0 Å². The summed E-state index contributed by atoms with van der Waals surface area (Å²) in [5, 5.41) is 3.26. The van der Waals surface area contributed by atoms with E-state index in [9.17, 15) is 9.18 Å². The lowest BCUT2D eigenvalue weighted by atomic mass is 10.0. The van der Waals surface area contributed by atoms with Gasteiger partial charge >= 0.3 is 5.97 Å². The normalized spacial score (nSPS) is 17.1. The molecule has 1 N–H and O–H groups in total. The fraction of sp³-hybridized carbons (Fsp3) is 0.562. The molecule has 1 unspecified atom stereocenters. The van der Waals surface area contributed by atoms with Gasteiger partial charge in [-0.3, -0.25) is 5.32 Å². The molecule has 116 valence electrons. The van der Waals surface area contributed by atoms with Crippen LogP contribution in [0.5, 0.6) is 5.75 Å². The van der Waals surface area contributed by atoms with E-state index >= 15 is 0 Å². The van der Waals surface area contributed by atoms with E-state index < -0.39 is 5.54 Å². The number of ether oxygens (including phenoxy) is 2. The van der Waals surface area contributed by atoms with Gasteiger partial charge in [-0.15, -0.1) is 0 Å². The van der Waals surface area contributed by atoms with Crippen LogP contribution in [0.1, 0.15) is 32.3 Å². The van der Waals surface area contributed by atoms with Gasteiger partial charge in [0.05, 0.1) is 6.61 Å². The molecule has 0 aliphatic heterocycles. The summed E-state index contributed by atoms with van der Waals surface area (Å²) in [4.78, 5) is 12.2. The van der Waals surface area contributed by atoms with Gasteiger partial charge in [-0.2, -0.15) is 0 Å². The molecule has 1 atom stereocenters. The van der Waals surface area contributed by atoms with Crippen LogP contribution in [0.4, 0.5) is 4.39 Å². The summed E-state index contributed by atoms with van der Waals surface area (Å²) in [5.74, 6) is -0.252. The Morgan fingerprint density at radius 3 is 2.81 bits per heavy atom. The molecule has 1 fully saturated rings. The summed E-state index contributed by atoms with van der Waals surface area (Å²) in [6.45, 7) is 5.79. The lowest BCUT2D eigenvalue weighted by Gasteiger charge is -2.28. The average molecular weight is 295 g/mol.